The number of pyridine rings is 1. The van der Waals surface area contributed by atoms with Crippen LogP contribution in [0.2, 0.25) is 0 Å². The zero-order valence-electron chi connectivity index (χ0n) is 8.87. The van der Waals surface area contributed by atoms with Crippen LogP contribution in [-0.2, 0) is 6.54 Å². The molecular weight excluding hydrogens is 200 g/mol. The Bertz CT molecular complexity index is 481. The van der Waals surface area contributed by atoms with E-state index in [4.69, 9.17) is 5.26 Å². The zero-order chi connectivity index (χ0) is 11.2. The van der Waals surface area contributed by atoms with E-state index in [-0.39, 0.29) is 0 Å². The first kappa shape index (κ1) is 10.4. The second-order valence-corrected chi connectivity index (χ2v) is 3.50. The second kappa shape index (κ2) is 5.08. The van der Waals surface area contributed by atoms with Crippen molar-refractivity contribution in [3.05, 3.63) is 37.1 Å². The predicted octanol–water partition coefficient (Wildman–Crippen LogP) is 2.25. The summed E-state index contributed by atoms with van der Waals surface area (Å²) in [6.45, 7) is 0.834. The highest BCUT2D eigenvalue weighted by atomic mass is 15.0. The summed E-state index contributed by atoms with van der Waals surface area (Å²) in [6, 6.07) is 6.01. The first-order chi connectivity index (χ1) is 7.90. The number of nitriles is 1. The van der Waals surface area contributed by atoms with Gasteiger partial charge in [-0.2, -0.15) is 5.26 Å². The van der Waals surface area contributed by atoms with E-state index in [9.17, 15) is 0 Å². The molecule has 2 aromatic heterocycles. The van der Waals surface area contributed by atoms with E-state index in [1.807, 2.05) is 22.9 Å². The number of rotatable bonds is 4. The number of aryl methyl sites for hydroxylation is 1. The van der Waals surface area contributed by atoms with Gasteiger partial charge in [0, 0.05) is 37.1 Å². The summed E-state index contributed by atoms with van der Waals surface area (Å²) in [5, 5.41) is 8.44. The van der Waals surface area contributed by atoms with Gasteiger partial charge in [0.15, 0.2) is 0 Å². The highest BCUT2D eigenvalue weighted by Crippen LogP contribution is 2.14. The minimum Gasteiger partial charge on any atom is -0.337 e. The van der Waals surface area contributed by atoms with Gasteiger partial charge in [-0.15, -0.1) is 0 Å². The van der Waals surface area contributed by atoms with Crippen LogP contribution in [0.25, 0.3) is 11.3 Å². The first-order valence-electron chi connectivity index (χ1n) is 5.19. The third-order valence-corrected chi connectivity index (χ3v) is 2.30. The maximum atomic E-state index is 8.44. The Morgan fingerprint density at radius 3 is 3.12 bits per heavy atom. The van der Waals surface area contributed by atoms with E-state index in [1.165, 1.54) is 0 Å². The lowest BCUT2D eigenvalue weighted by atomic mass is 10.2. The summed E-state index contributed by atoms with van der Waals surface area (Å²) < 4.78 is 2.00. The molecule has 4 heteroatoms. The van der Waals surface area contributed by atoms with Gasteiger partial charge < -0.3 is 4.57 Å². The molecule has 0 fully saturated rings. The van der Waals surface area contributed by atoms with Crippen LogP contribution in [0.3, 0.4) is 0 Å². The number of unbranched alkanes of at least 4 members (excludes halogenated alkanes) is 1. The van der Waals surface area contributed by atoms with Crippen molar-refractivity contribution >= 4 is 0 Å². The molecule has 2 aromatic rings. The highest BCUT2D eigenvalue weighted by Gasteiger charge is 2.01. The standard InChI is InChI=1S/C12H12N4/c13-5-1-2-7-16-9-12(15-10-16)11-4-3-6-14-8-11/h3-4,6,8-10H,1-2,7H2. The lowest BCUT2D eigenvalue weighted by molar-refractivity contribution is 0.653. The summed E-state index contributed by atoms with van der Waals surface area (Å²) >= 11 is 0. The van der Waals surface area contributed by atoms with Crippen LogP contribution in [0.15, 0.2) is 37.1 Å². The lowest BCUT2D eigenvalue weighted by Crippen LogP contribution is -1.93. The molecule has 16 heavy (non-hydrogen) atoms. The van der Waals surface area contributed by atoms with E-state index in [0.717, 1.165) is 24.2 Å². The Morgan fingerprint density at radius 1 is 1.44 bits per heavy atom. The van der Waals surface area contributed by atoms with Crippen LogP contribution >= 0.6 is 0 Å². The topological polar surface area (TPSA) is 54.5 Å². The maximum Gasteiger partial charge on any atom is 0.0953 e. The summed E-state index contributed by atoms with van der Waals surface area (Å²) in [6.07, 6.45) is 8.75. The molecule has 0 aliphatic rings. The van der Waals surface area contributed by atoms with Gasteiger partial charge in [-0.1, -0.05) is 0 Å². The number of nitrogens with zero attached hydrogens (tertiary/aromatic N) is 4. The Morgan fingerprint density at radius 2 is 2.38 bits per heavy atom. The van der Waals surface area contributed by atoms with E-state index in [2.05, 4.69) is 16.0 Å². The van der Waals surface area contributed by atoms with Crippen molar-refractivity contribution < 1.29 is 0 Å². The van der Waals surface area contributed by atoms with E-state index in [0.29, 0.717) is 6.42 Å². The number of hydrogen-bond donors (Lipinski definition) is 0. The molecule has 0 aliphatic carbocycles. The summed E-state index contributed by atoms with van der Waals surface area (Å²) in [5.74, 6) is 0. The first-order valence-corrected chi connectivity index (χ1v) is 5.19. The molecule has 0 saturated carbocycles. The Labute approximate surface area is 94.2 Å². The number of imidazole rings is 1. The highest BCUT2D eigenvalue weighted by molar-refractivity contribution is 5.56. The van der Waals surface area contributed by atoms with Gasteiger partial charge in [0.25, 0.3) is 0 Å². The monoisotopic (exact) mass is 212 g/mol. The molecule has 0 aromatic carbocycles. The molecule has 0 unspecified atom stereocenters. The molecule has 2 rings (SSSR count). The Balaban J connectivity index is 2.06. The number of aromatic nitrogens is 3. The average Bonchev–Trinajstić information content (AvgIpc) is 2.79. The molecule has 4 nitrogen and oxygen atoms in total. The van der Waals surface area contributed by atoms with Crippen molar-refractivity contribution in [2.45, 2.75) is 19.4 Å². The van der Waals surface area contributed by atoms with Gasteiger partial charge >= 0.3 is 0 Å². The zero-order valence-corrected chi connectivity index (χ0v) is 8.87. The van der Waals surface area contributed by atoms with Crippen molar-refractivity contribution in [1.29, 1.82) is 5.26 Å². The molecular formula is C12H12N4. The van der Waals surface area contributed by atoms with Gasteiger partial charge in [-0.3, -0.25) is 4.98 Å². The van der Waals surface area contributed by atoms with E-state index >= 15 is 0 Å². The predicted molar refractivity (Wildman–Crippen MR) is 60.3 cm³/mol. The molecule has 0 radical (unpaired) electrons. The summed E-state index contributed by atoms with van der Waals surface area (Å²) in [4.78, 5) is 8.36. The average molecular weight is 212 g/mol. The van der Waals surface area contributed by atoms with Gasteiger partial charge in [-0.25, -0.2) is 4.98 Å². The van der Waals surface area contributed by atoms with E-state index in [1.54, 1.807) is 18.7 Å². The summed E-state index contributed by atoms with van der Waals surface area (Å²) in [5.41, 5.74) is 1.94. The minimum atomic E-state index is 0.584. The van der Waals surface area contributed by atoms with Crippen LogP contribution in [-0.4, -0.2) is 14.5 Å². The Hall–Kier alpha value is -2.15. The van der Waals surface area contributed by atoms with Crippen molar-refractivity contribution in [2.75, 3.05) is 0 Å². The molecule has 2 heterocycles. The summed E-state index contributed by atoms with van der Waals surface area (Å²) in [7, 11) is 0. The van der Waals surface area contributed by atoms with Crippen LogP contribution < -0.4 is 0 Å². The third kappa shape index (κ3) is 2.45. The smallest absolute Gasteiger partial charge is 0.0953 e. The van der Waals surface area contributed by atoms with Gasteiger partial charge in [0.2, 0.25) is 0 Å². The van der Waals surface area contributed by atoms with Crippen molar-refractivity contribution in [1.82, 2.24) is 14.5 Å². The molecule has 0 amide bonds. The largest absolute Gasteiger partial charge is 0.337 e. The van der Waals surface area contributed by atoms with Crippen LogP contribution in [0, 0.1) is 11.3 Å². The van der Waals surface area contributed by atoms with E-state index < -0.39 is 0 Å². The van der Waals surface area contributed by atoms with Gasteiger partial charge in [0.1, 0.15) is 0 Å². The van der Waals surface area contributed by atoms with Gasteiger partial charge in [0.05, 0.1) is 18.1 Å². The lowest BCUT2D eigenvalue weighted by Gasteiger charge is -1.97. The van der Waals surface area contributed by atoms with Crippen molar-refractivity contribution in [2.24, 2.45) is 0 Å². The van der Waals surface area contributed by atoms with Crippen molar-refractivity contribution in [3.63, 3.8) is 0 Å². The second-order valence-electron chi connectivity index (χ2n) is 3.50. The van der Waals surface area contributed by atoms with Crippen molar-refractivity contribution in [3.8, 4) is 17.3 Å². The molecule has 0 aliphatic heterocycles. The molecule has 0 saturated heterocycles. The van der Waals surface area contributed by atoms with Crippen LogP contribution in [0.5, 0.6) is 0 Å². The molecule has 0 atom stereocenters. The fourth-order valence-electron chi connectivity index (χ4n) is 1.49. The third-order valence-electron chi connectivity index (χ3n) is 2.30. The molecule has 0 spiro atoms. The molecule has 0 N–H and O–H groups in total. The van der Waals surface area contributed by atoms with Crippen LogP contribution in [0.4, 0.5) is 0 Å². The Kier molecular flexibility index (Phi) is 3.29. The van der Waals surface area contributed by atoms with Gasteiger partial charge in [-0.05, 0) is 18.6 Å². The molecule has 0 bridgehead atoms. The maximum absolute atomic E-state index is 8.44. The fraction of sp³-hybridized carbons (Fsp3) is 0.250. The number of hydrogen-bond acceptors (Lipinski definition) is 3. The normalized spacial score (nSPS) is 9.94. The SMILES string of the molecule is N#CCCCn1cnc(-c2cccnc2)c1. The quantitative estimate of drug-likeness (QED) is 0.730. The van der Waals surface area contributed by atoms with Crippen LogP contribution in [0.1, 0.15) is 12.8 Å². The molecule has 80 valence electrons. The minimum absolute atomic E-state index is 0.584. The fourth-order valence-corrected chi connectivity index (χ4v) is 1.49.